The van der Waals surface area contributed by atoms with E-state index < -0.39 is 0 Å². The molecule has 1 saturated carbocycles. The van der Waals surface area contributed by atoms with Gasteiger partial charge in [-0.1, -0.05) is 6.92 Å². The van der Waals surface area contributed by atoms with Crippen LogP contribution in [-0.4, -0.2) is 37.6 Å². The molecule has 1 aliphatic carbocycles. The lowest BCUT2D eigenvalue weighted by Crippen LogP contribution is -2.53. The van der Waals surface area contributed by atoms with E-state index in [1.165, 1.54) is 12.8 Å². The molecule has 0 spiro atoms. The van der Waals surface area contributed by atoms with Crippen molar-refractivity contribution in [3.8, 4) is 6.07 Å². The van der Waals surface area contributed by atoms with Gasteiger partial charge in [0, 0.05) is 6.54 Å². The first-order valence-corrected chi connectivity index (χ1v) is 5.45. The third-order valence-corrected chi connectivity index (χ3v) is 2.73. The Morgan fingerprint density at radius 1 is 1.50 bits per heavy atom. The van der Waals surface area contributed by atoms with Gasteiger partial charge in [-0.2, -0.15) is 5.26 Å². The van der Waals surface area contributed by atoms with E-state index in [0.717, 1.165) is 19.5 Å². The molecule has 3 heteroatoms. The number of rotatable bonds is 6. The van der Waals surface area contributed by atoms with E-state index >= 15 is 0 Å². The van der Waals surface area contributed by atoms with Gasteiger partial charge in [0.05, 0.1) is 6.07 Å². The zero-order valence-electron chi connectivity index (χ0n) is 9.51. The summed E-state index contributed by atoms with van der Waals surface area (Å²) in [6.07, 6.45) is 3.50. The fraction of sp³-hybridized carbons (Fsp3) is 0.909. The van der Waals surface area contributed by atoms with E-state index in [1.54, 1.807) is 0 Å². The van der Waals surface area contributed by atoms with Crippen LogP contribution in [0.5, 0.6) is 0 Å². The van der Waals surface area contributed by atoms with Gasteiger partial charge in [0.2, 0.25) is 0 Å². The maximum atomic E-state index is 9.32. The number of nitrogens with one attached hydrogen (secondary N) is 1. The lowest BCUT2D eigenvalue weighted by atomic mass is 9.94. The number of nitrogens with zero attached hydrogens (tertiary/aromatic N) is 2. The zero-order chi connectivity index (χ0) is 10.6. The Morgan fingerprint density at radius 2 is 2.14 bits per heavy atom. The molecule has 0 radical (unpaired) electrons. The van der Waals surface area contributed by atoms with Crippen LogP contribution in [0.4, 0.5) is 0 Å². The van der Waals surface area contributed by atoms with E-state index in [0.29, 0.717) is 5.92 Å². The number of hydrogen-bond donors (Lipinski definition) is 1. The Hall–Kier alpha value is -0.590. The van der Waals surface area contributed by atoms with Crippen LogP contribution >= 0.6 is 0 Å². The lowest BCUT2D eigenvalue weighted by Gasteiger charge is -2.30. The van der Waals surface area contributed by atoms with Crippen LogP contribution in [0.3, 0.4) is 0 Å². The molecular weight excluding hydrogens is 174 g/mol. The molecule has 0 amide bonds. The summed E-state index contributed by atoms with van der Waals surface area (Å²) < 4.78 is 0. The average Bonchev–Trinajstić information content (AvgIpc) is 2.95. The standard InChI is InChI=1S/C11H21N3/c1-4-7-13-11(8-12,9-14(2)3)10-5-6-10/h10,13H,4-7,9H2,1-3H3. The van der Waals surface area contributed by atoms with E-state index in [4.69, 9.17) is 0 Å². The monoisotopic (exact) mass is 195 g/mol. The van der Waals surface area contributed by atoms with Crippen LogP contribution in [0.1, 0.15) is 26.2 Å². The Morgan fingerprint density at radius 3 is 2.50 bits per heavy atom. The van der Waals surface area contributed by atoms with Gasteiger partial charge in [0.15, 0.2) is 0 Å². The molecule has 3 nitrogen and oxygen atoms in total. The molecule has 0 saturated heterocycles. The Balaban J connectivity index is 2.60. The maximum Gasteiger partial charge on any atom is 0.122 e. The SMILES string of the molecule is CCCNC(C#N)(CN(C)C)C1CC1. The summed E-state index contributed by atoms with van der Waals surface area (Å²) in [5.41, 5.74) is -0.292. The highest BCUT2D eigenvalue weighted by atomic mass is 15.1. The molecule has 1 atom stereocenters. The van der Waals surface area contributed by atoms with E-state index in [-0.39, 0.29) is 5.54 Å². The van der Waals surface area contributed by atoms with E-state index in [2.05, 4.69) is 23.2 Å². The molecule has 1 aliphatic rings. The number of nitriles is 1. The second-order valence-corrected chi connectivity index (χ2v) is 4.52. The van der Waals surface area contributed by atoms with Crippen molar-refractivity contribution in [1.82, 2.24) is 10.2 Å². The van der Waals surface area contributed by atoms with Gasteiger partial charge in [0.25, 0.3) is 0 Å². The molecule has 0 bridgehead atoms. The van der Waals surface area contributed by atoms with Gasteiger partial charge in [-0.15, -0.1) is 0 Å². The molecular formula is C11H21N3. The third-order valence-electron chi connectivity index (χ3n) is 2.73. The van der Waals surface area contributed by atoms with Crippen LogP contribution in [0.25, 0.3) is 0 Å². The molecule has 0 heterocycles. The van der Waals surface area contributed by atoms with Crippen LogP contribution in [0.15, 0.2) is 0 Å². The zero-order valence-corrected chi connectivity index (χ0v) is 9.51. The molecule has 0 aliphatic heterocycles. The Labute approximate surface area is 87.1 Å². The van der Waals surface area contributed by atoms with Crippen molar-refractivity contribution in [3.05, 3.63) is 0 Å². The fourth-order valence-electron chi connectivity index (χ4n) is 1.92. The molecule has 14 heavy (non-hydrogen) atoms. The van der Waals surface area contributed by atoms with Crippen LogP contribution in [0.2, 0.25) is 0 Å². The summed E-state index contributed by atoms with van der Waals surface area (Å²) in [5.74, 6) is 0.571. The van der Waals surface area contributed by atoms with Crippen molar-refractivity contribution in [3.63, 3.8) is 0 Å². The fourth-order valence-corrected chi connectivity index (χ4v) is 1.92. The minimum Gasteiger partial charge on any atom is -0.306 e. The second-order valence-electron chi connectivity index (χ2n) is 4.52. The first-order valence-electron chi connectivity index (χ1n) is 5.45. The predicted molar refractivity (Wildman–Crippen MR) is 57.9 cm³/mol. The van der Waals surface area contributed by atoms with Crippen molar-refractivity contribution in [2.45, 2.75) is 31.7 Å². The minimum absolute atomic E-state index is 0.292. The van der Waals surface area contributed by atoms with Crippen molar-refractivity contribution < 1.29 is 0 Å². The first kappa shape index (κ1) is 11.5. The summed E-state index contributed by atoms with van der Waals surface area (Å²) in [6, 6.07) is 2.49. The van der Waals surface area contributed by atoms with Crippen molar-refractivity contribution in [2.75, 3.05) is 27.2 Å². The molecule has 0 aromatic heterocycles. The van der Waals surface area contributed by atoms with Crippen molar-refractivity contribution >= 4 is 0 Å². The maximum absolute atomic E-state index is 9.32. The summed E-state index contributed by atoms with van der Waals surface area (Å²) >= 11 is 0. The molecule has 1 unspecified atom stereocenters. The highest BCUT2D eigenvalue weighted by molar-refractivity contribution is 5.16. The normalized spacial score (nSPS) is 20.5. The van der Waals surface area contributed by atoms with E-state index in [1.807, 2.05) is 14.1 Å². The molecule has 1 N–H and O–H groups in total. The quantitative estimate of drug-likeness (QED) is 0.692. The van der Waals surface area contributed by atoms with Gasteiger partial charge in [-0.05, 0) is 45.8 Å². The lowest BCUT2D eigenvalue weighted by molar-refractivity contribution is 0.259. The predicted octanol–water partition coefficient (Wildman–Crippen LogP) is 1.22. The Kier molecular flexibility index (Phi) is 3.91. The van der Waals surface area contributed by atoms with E-state index in [9.17, 15) is 5.26 Å². The number of likely N-dealkylation sites (N-methyl/N-ethyl adjacent to an activating group) is 1. The van der Waals surface area contributed by atoms with Crippen LogP contribution < -0.4 is 5.32 Å². The minimum atomic E-state index is -0.292. The summed E-state index contributed by atoms with van der Waals surface area (Å²) in [4.78, 5) is 2.10. The van der Waals surface area contributed by atoms with Crippen molar-refractivity contribution in [2.24, 2.45) is 5.92 Å². The van der Waals surface area contributed by atoms with Gasteiger partial charge >= 0.3 is 0 Å². The largest absolute Gasteiger partial charge is 0.306 e. The molecule has 0 aromatic carbocycles. The first-order chi connectivity index (χ1) is 6.64. The number of hydrogen-bond acceptors (Lipinski definition) is 3. The summed E-state index contributed by atoms with van der Waals surface area (Å²) in [6.45, 7) is 3.91. The van der Waals surface area contributed by atoms with Gasteiger partial charge in [0.1, 0.15) is 5.54 Å². The topological polar surface area (TPSA) is 39.1 Å². The van der Waals surface area contributed by atoms with Gasteiger partial charge < -0.3 is 4.90 Å². The highest BCUT2D eigenvalue weighted by Crippen LogP contribution is 2.39. The molecule has 1 fully saturated rings. The van der Waals surface area contributed by atoms with Gasteiger partial charge in [-0.3, -0.25) is 5.32 Å². The average molecular weight is 195 g/mol. The molecule has 80 valence electrons. The third kappa shape index (κ3) is 2.70. The smallest absolute Gasteiger partial charge is 0.122 e. The highest BCUT2D eigenvalue weighted by Gasteiger charge is 2.45. The summed E-state index contributed by atoms with van der Waals surface area (Å²) in [5, 5.41) is 12.7. The van der Waals surface area contributed by atoms with Crippen LogP contribution in [0, 0.1) is 17.2 Å². The molecule has 1 rings (SSSR count). The van der Waals surface area contributed by atoms with Crippen molar-refractivity contribution in [1.29, 1.82) is 5.26 Å². The van der Waals surface area contributed by atoms with Gasteiger partial charge in [-0.25, -0.2) is 0 Å². The summed E-state index contributed by atoms with van der Waals surface area (Å²) in [7, 11) is 4.06. The Bertz CT molecular complexity index is 215. The molecule has 0 aromatic rings. The van der Waals surface area contributed by atoms with Crippen LogP contribution in [-0.2, 0) is 0 Å². The second kappa shape index (κ2) is 4.77.